The highest BCUT2D eigenvalue weighted by Gasteiger charge is 2.27. The summed E-state index contributed by atoms with van der Waals surface area (Å²) in [5.41, 5.74) is 1.90. The van der Waals surface area contributed by atoms with Gasteiger partial charge in [0.15, 0.2) is 0 Å². The maximum absolute atomic E-state index is 14.0. The van der Waals surface area contributed by atoms with E-state index in [4.69, 9.17) is 4.74 Å². The van der Waals surface area contributed by atoms with E-state index in [1.54, 1.807) is 0 Å². The first-order chi connectivity index (χ1) is 12.6. The van der Waals surface area contributed by atoms with Crippen LogP contribution in [-0.2, 0) is 22.5 Å². The lowest BCUT2D eigenvalue weighted by molar-refractivity contribution is -0.134. The molecule has 0 spiro atoms. The number of hydrogen-bond donors (Lipinski definition) is 1. The van der Waals surface area contributed by atoms with E-state index < -0.39 is 11.6 Å². The molecule has 7 heteroatoms. The zero-order chi connectivity index (χ0) is 18.1. The fourth-order valence-corrected chi connectivity index (χ4v) is 3.66. The van der Waals surface area contributed by atoms with Gasteiger partial charge < -0.3 is 14.6 Å². The van der Waals surface area contributed by atoms with Gasteiger partial charge in [-0.2, -0.15) is 0 Å². The number of carbonyl (C=O) groups is 1. The molecule has 3 heterocycles. The van der Waals surface area contributed by atoms with Crippen molar-refractivity contribution in [2.45, 2.75) is 32.2 Å². The van der Waals surface area contributed by atoms with Crippen LogP contribution in [0.1, 0.15) is 30.7 Å². The van der Waals surface area contributed by atoms with Crippen LogP contribution in [-0.4, -0.2) is 40.5 Å². The summed E-state index contributed by atoms with van der Waals surface area (Å²) in [5, 5.41) is 0. The minimum absolute atomic E-state index is 0.121. The number of aromatic nitrogens is 2. The number of H-pyrrole nitrogens is 1. The van der Waals surface area contributed by atoms with Gasteiger partial charge in [-0.15, -0.1) is 0 Å². The Kier molecular flexibility index (Phi) is 4.72. The van der Waals surface area contributed by atoms with Crippen LogP contribution in [0.5, 0.6) is 0 Å². The molecule has 4 rings (SSSR count). The molecule has 2 aliphatic rings. The monoisotopic (exact) mass is 361 g/mol. The van der Waals surface area contributed by atoms with Gasteiger partial charge in [-0.1, -0.05) is 0 Å². The third-order valence-corrected chi connectivity index (χ3v) is 5.09. The lowest BCUT2D eigenvalue weighted by Crippen LogP contribution is -2.37. The van der Waals surface area contributed by atoms with Crippen molar-refractivity contribution in [1.82, 2.24) is 14.9 Å². The minimum Gasteiger partial charge on any atom is -0.381 e. The standard InChI is InChI=1S/C19H21F2N3O2/c20-13-3-4-14(15(21)9-13)19-22-16-5-6-24(10-17(16)23-19)18(25)8-12-2-1-7-26-11-12/h3-4,9,12H,1-2,5-8,10-11H2,(H,22,23)/t12-/m0/s1. The second-order valence-electron chi connectivity index (χ2n) is 6.99. The molecule has 1 amide bonds. The molecule has 0 saturated carbocycles. The Hall–Kier alpha value is -2.28. The fraction of sp³-hybridized carbons (Fsp3) is 0.474. The Balaban J connectivity index is 1.47. The van der Waals surface area contributed by atoms with E-state index >= 15 is 0 Å². The summed E-state index contributed by atoms with van der Waals surface area (Å²) < 4.78 is 32.5. The van der Waals surface area contributed by atoms with E-state index in [9.17, 15) is 13.6 Å². The van der Waals surface area contributed by atoms with Crippen LogP contribution in [0.15, 0.2) is 18.2 Å². The van der Waals surface area contributed by atoms with E-state index in [2.05, 4.69) is 9.97 Å². The molecule has 138 valence electrons. The third-order valence-electron chi connectivity index (χ3n) is 5.09. The van der Waals surface area contributed by atoms with Crippen molar-refractivity contribution < 1.29 is 18.3 Å². The Labute approximate surface area is 150 Å². The summed E-state index contributed by atoms with van der Waals surface area (Å²) in [6, 6.07) is 3.43. The van der Waals surface area contributed by atoms with Gasteiger partial charge in [0.25, 0.3) is 0 Å². The molecule has 1 atom stereocenters. The summed E-state index contributed by atoms with van der Waals surface area (Å²) in [6.07, 6.45) is 3.17. The molecule has 5 nitrogen and oxygen atoms in total. The molecule has 1 saturated heterocycles. The molecule has 0 aliphatic carbocycles. The molecule has 2 aliphatic heterocycles. The third kappa shape index (κ3) is 3.49. The summed E-state index contributed by atoms with van der Waals surface area (Å²) >= 11 is 0. The zero-order valence-corrected chi connectivity index (χ0v) is 14.4. The fourth-order valence-electron chi connectivity index (χ4n) is 3.66. The van der Waals surface area contributed by atoms with E-state index in [1.807, 2.05) is 4.90 Å². The lowest BCUT2D eigenvalue weighted by atomic mass is 9.97. The van der Waals surface area contributed by atoms with E-state index in [1.165, 1.54) is 12.1 Å². The molecule has 2 aromatic rings. The normalized spacial score (nSPS) is 20.1. The number of aromatic amines is 1. The van der Waals surface area contributed by atoms with Crippen LogP contribution in [0.2, 0.25) is 0 Å². The first-order valence-electron chi connectivity index (χ1n) is 8.99. The number of amides is 1. The molecule has 26 heavy (non-hydrogen) atoms. The van der Waals surface area contributed by atoms with Crippen molar-refractivity contribution in [2.24, 2.45) is 5.92 Å². The Bertz CT molecular complexity index is 815. The molecule has 1 aromatic carbocycles. The molecule has 0 radical (unpaired) electrons. The minimum atomic E-state index is -0.652. The van der Waals surface area contributed by atoms with E-state index in [-0.39, 0.29) is 11.5 Å². The summed E-state index contributed by atoms with van der Waals surface area (Å²) in [6.45, 7) is 2.49. The number of hydrogen-bond acceptors (Lipinski definition) is 3. The second-order valence-corrected chi connectivity index (χ2v) is 6.99. The van der Waals surface area contributed by atoms with Crippen molar-refractivity contribution in [1.29, 1.82) is 0 Å². The molecule has 0 bridgehead atoms. The first-order valence-corrected chi connectivity index (χ1v) is 8.99. The maximum atomic E-state index is 14.0. The van der Waals surface area contributed by atoms with Gasteiger partial charge in [0.1, 0.15) is 17.5 Å². The molecule has 1 N–H and O–H groups in total. The van der Waals surface area contributed by atoms with Crippen molar-refractivity contribution in [3.8, 4) is 11.4 Å². The number of imidazole rings is 1. The number of rotatable bonds is 3. The smallest absolute Gasteiger partial charge is 0.223 e. The first kappa shape index (κ1) is 17.1. The van der Waals surface area contributed by atoms with Crippen LogP contribution < -0.4 is 0 Å². The predicted octanol–water partition coefficient (Wildman–Crippen LogP) is 3.06. The summed E-state index contributed by atoms with van der Waals surface area (Å²) in [4.78, 5) is 21.9. The SMILES string of the molecule is O=C(C[C@@H]1CCCOC1)N1CCc2nc(-c3ccc(F)cc3F)[nH]c2C1. The average Bonchev–Trinajstić information content (AvgIpc) is 3.05. The van der Waals surface area contributed by atoms with Gasteiger partial charge in [0.05, 0.1) is 23.5 Å². The predicted molar refractivity (Wildman–Crippen MR) is 91.2 cm³/mol. The van der Waals surface area contributed by atoms with Crippen LogP contribution >= 0.6 is 0 Å². The van der Waals surface area contributed by atoms with Crippen molar-refractivity contribution in [3.63, 3.8) is 0 Å². The van der Waals surface area contributed by atoms with Gasteiger partial charge in [-0.05, 0) is 30.9 Å². The van der Waals surface area contributed by atoms with Gasteiger partial charge in [0.2, 0.25) is 5.91 Å². The highest BCUT2D eigenvalue weighted by atomic mass is 19.1. The van der Waals surface area contributed by atoms with Crippen LogP contribution in [0.25, 0.3) is 11.4 Å². The number of carbonyl (C=O) groups excluding carboxylic acids is 1. The number of halogens is 2. The van der Waals surface area contributed by atoms with Gasteiger partial charge in [-0.3, -0.25) is 4.79 Å². The van der Waals surface area contributed by atoms with E-state index in [0.29, 0.717) is 44.3 Å². The Morgan fingerprint density at radius 2 is 2.27 bits per heavy atom. The van der Waals surface area contributed by atoms with Crippen molar-refractivity contribution in [2.75, 3.05) is 19.8 Å². The second kappa shape index (κ2) is 7.15. The highest BCUT2D eigenvalue weighted by molar-refractivity contribution is 5.76. The highest BCUT2D eigenvalue weighted by Crippen LogP contribution is 2.26. The number of fused-ring (bicyclic) bond motifs is 1. The molecule has 1 fully saturated rings. The van der Waals surface area contributed by atoms with Gasteiger partial charge in [-0.25, -0.2) is 13.8 Å². The number of nitrogens with zero attached hydrogens (tertiary/aromatic N) is 2. The molecule has 1 aromatic heterocycles. The zero-order valence-electron chi connectivity index (χ0n) is 14.4. The lowest BCUT2D eigenvalue weighted by Gasteiger charge is -2.29. The Morgan fingerprint density at radius 1 is 1.38 bits per heavy atom. The molecule has 0 unspecified atom stereocenters. The van der Waals surface area contributed by atoms with Crippen LogP contribution in [0.4, 0.5) is 8.78 Å². The van der Waals surface area contributed by atoms with Crippen molar-refractivity contribution >= 4 is 5.91 Å². The van der Waals surface area contributed by atoms with Crippen molar-refractivity contribution in [3.05, 3.63) is 41.2 Å². The molecular weight excluding hydrogens is 340 g/mol. The van der Waals surface area contributed by atoms with Gasteiger partial charge in [0, 0.05) is 38.7 Å². The Morgan fingerprint density at radius 3 is 3.04 bits per heavy atom. The van der Waals surface area contributed by atoms with Crippen LogP contribution in [0.3, 0.4) is 0 Å². The average molecular weight is 361 g/mol. The number of nitrogens with one attached hydrogen (secondary N) is 1. The topological polar surface area (TPSA) is 58.2 Å². The van der Waals surface area contributed by atoms with Crippen LogP contribution in [0, 0.1) is 17.6 Å². The van der Waals surface area contributed by atoms with E-state index in [0.717, 1.165) is 36.9 Å². The summed E-state index contributed by atoms with van der Waals surface area (Å²) in [7, 11) is 0. The maximum Gasteiger partial charge on any atom is 0.223 e. The van der Waals surface area contributed by atoms with Gasteiger partial charge >= 0.3 is 0 Å². The largest absolute Gasteiger partial charge is 0.381 e. The number of benzene rings is 1. The quantitative estimate of drug-likeness (QED) is 0.914. The number of ether oxygens (including phenoxy) is 1. The molecular formula is C19H21F2N3O2. The summed E-state index contributed by atoms with van der Waals surface area (Å²) in [5.74, 6) is -0.478.